The molecule has 0 bridgehead atoms. The summed E-state index contributed by atoms with van der Waals surface area (Å²) in [5.74, 6) is 0. The highest BCUT2D eigenvalue weighted by Crippen LogP contribution is 2.45. The lowest BCUT2D eigenvalue weighted by Gasteiger charge is -2.10. The fourth-order valence-corrected chi connectivity index (χ4v) is 2.91. The maximum Gasteiger partial charge on any atom is 0.510 e. The highest BCUT2D eigenvalue weighted by molar-refractivity contribution is 7.46. The van der Waals surface area contributed by atoms with Gasteiger partial charge in [-0.25, -0.2) is 4.57 Å². The van der Waals surface area contributed by atoms with E-state index in [2.05, 4.69) is 60.1 Å². The summed E-state index contributed by atoms with van der Waals surface area (Å²) < 4.78 is 27.2. The highest BCUT2D eigenvalue weighted by atomic mass is 31.2. The number of hydrogen-bond donors (Lipinski definition) is 1. The molecule has 0 radical (unpaired) electrons. The van der Waals surface area contributed by atoms with E-state index < -0.39 is 14.0 Å². The van der Waals surface area contributed by atoms with Crippen LogP contribution in [0.25, 0.3) is 0 Å². The molecule has 0 spiro atoms. The van der Waals surface area contributed by atoms with Crippen LogP contribution in [0.3, 0.4) is 0 Å². The van der Waals surface area contributed by atoms with Crippen LogP contribution < -0.4 is 0 Å². The van der Waals surface area contributed by atoms with Crippen LogP contribution in [-0.2, 0) is 9.09 Å². The molecule has 0 saturated carbocycles. The minimum absolute atomic E-state index is 0.540. The number of halogens is 1. The summed E-state index contributed by atoms with van der Waals surface area (Å²) in [7, 11) is -4.85. The Morgan fingerprint density at radius 3 is 1.81 bits per heavy atom. The second-order valence-electron chi connectivity index (χ2n) is 6.39. The summed E-state index contributed by atoms with van der Waals surface area (Å²) in [6.07, 6.45) is 27.0. The molecule has 2 atom stereocenters. The van der Waals surface area contributed by atoms with Crippen LogP contribution in [-0.4, -0.2) is 11.0 Å². The first-order valence-electron chi connectivity index (χ1n) is 9.76. The van der Waals surface area contributed by atoms with Crippen LogP contribution in [0.4, 0.5) is 4.20 Å². The van der Waals surface area contributed by atoms with Crippen LogP contribution in [0.15, 0.2) is 48.6 Å². The van der Waals surface area contributed by atoms with Gasteiger partial charge in [-0.05, 0) is 58.3 Å². The van der Waals surface area contributed by atoms with Gasteiger partial charge in [0.1, 0.15) is 0 Å². The Balaban J connectivity index is 3.53. The molecule has 0 aromatic carbocycles. The SMILES string of the molecule is CCCCCC=CCC=CCC=CCC=CCCCC(C)OP(=O)(O)F. The van der Waals surface area contributed by atoms with E-state index in [0.29, 0.717) is 6.42 Å². The van der Waals surface area contributed by atoms with Crippen LogP contribution in [0.2, 0.25) is 0 Å². The Labute approximate surface area is 159 Å². The lowest BCUT2D eigenvalue weighted by Crippen LogP contribution is -2.04. The van der Waals surface area contributed by atoms with Gasteiger partial charge < -0.3 is 0 Å². The molecule has 0 saturated heterocycles. The van der Waals surface area contributed by atoms with Crippen molar-refractivity contribution in [2.24, 2.45) is 0 Å². The third kappa shape index (κ3) is 21.1. The Morgan fingerprint density at radius 1 is 0.885 bits per heavy atom. The molecule has 0 fully saturated rings. The fourth-order valence-electron chi connectivity index (χ4n) is 2.36. The Kier molecular flexibility index (Phi) is 16.8. The maximum absolute atomic E-state index is 12.4. The van der Waals surface area contributed by atoms with Crippen LogP contribution >= 0.6 is 7.91 Å². The van der Waals surface area contributed by atoms with Gasteiger partial charge in [-0.1, -0.05) is 68.4 Å². The predicted molar refractivity (Wildman–Crippen MR) is 110 cm³/mol. The Hall–Kier alpha value is -0.960. The monoisotopic (exact) mass is 386 g/mol. The van der Waals surface area contributed by atoms with Gasteiger partial charge in [0.25, 0.3) is 0 Å². The van der Waals surface area contributed by atoms with E-state index in [1.54, 1.807) is 6.92 Å². The van der Waals surface area contributed by atoms with E-state index in [0.717, 1.165) is 32.1 Å². The fraction of sp³-hybridized carbons (Fsp3) is 0.619. The molecule has 0 amide bonds. The minimum atomic E-state index is -4.85. The zero-order valence-corrected chi connectivity index (χ0v) is 17.3. The van der Waals surface area contributed by atoms with Crippen molar-refractivity contribution in [3.63, 3.8) is 0 Å². The van der Waals surface area contributed by atoms with Gasteiger partial charge >= 0.3 is 7.91 Å². The molecule has 0 aliphatic carbocycles. The summed E-state index contributed by atoms with van der Waals surface area (Å²) in [5.41, 5.74) is 0. The van der Waals surface area contributed by atoms with Gasteiger partial charge in [-0.15, -0.1) is 4.20 Å². The number of unbranched alkanes of at least 4 members (excludes halogenated alkanes) is 4. The Bertz CT molecular complexity index is 478. The molecular weight excluding hydrogens is 350 g/mol. The van der Waals surface area contributed by atoms with E-state index in [1.807, 2.05) is 0 Å². The standard InChI is InChI=1S/C21H36FO3P/c1-3-4-5-6-7-8-9-10-11-12-13-14-15-16-17-18-19-20-21(2)25-26(22,23)24/h7-8,10-11,13-14,16-17,21H,3-6,9,12,15,18-20H2,1-2H3,(H,23,24). The minimum Gasteiger partial charge on any atom is -0.299 e. The molecular formula is C21H36FO3P. The molecule has 150 valence electrons. The molecule has 0 aromatic rings. The second kappa shape index (κ2) is 17.5. The molecule has 0 aliphatic rings. The first-order chi connectivity index (χ1) is 12.5. The summed E-state index contributed by atoms with van der Waals surface area (Å²) in [4.78, 5) is 8.47. The molecule has 26 heavy (non-hydrogen) atoms. The van der Waals surface area contributed by atoms with E-state index >= 15 is 0 Å². The van der Waals surface area contributed by atoms with Crippen molar-refractivity contribution in [2.75, 3.05) is 0 Å². The second-order valence-corrected chi connectivity index (χ2v) is 7.50. The molecule has 5 heteroatoms. The van der Waals surface area contributed by atoms with Crippen molar-refractivity contribution in [1.82, 2.24) is 0 Å². The van der Waals surface area contributed by atoms with Crippen molar-refractivity contribution in [1.29, 1.82) is 0 Å². The average Bonchev–Trinajstić information content (AvgIpc) is 2.56. The third-order valence-corrected chi connectivity index (χ3v) is 4.37. The molecule has 0 aromatic heterocycles. The van der Waals surface area contributed by atoms with Crippen molar-refractivity contribution < 1.29 is 18.2 Å². The van der Waals surface area contributed by atoms with Crippen molar-refractivity contribution in [3.05, 3.63) is 48.6 Å². The normalized spacial score (nSPS) is 16.3. The molecule has 1 N–H and O–H groups in total. The average molecular weight is 386 g/mol. The molecule has 0 aliphatic heterocycles. The lowest BCUT2D eigenvalue weighted by molar-refractivity contribution is 0.157. The zero-order chi connectivity index (χ0) is 19.5. The van der Waals surface area contributed by atoms with Gasteiger partial charge in [0.15, 0.2) is 0 Å². The predicted octanol–water partition coefficient (Wildman–Crippen LogP) is 7.61. The van der Waals surface area contributed by atoms with Gasteiger partial charge in [0, 0.05) is 0 Å². The Morgan fingerprint density at radius 2 is 1.35 bits per heavy atom. The first-order valence-corrected chi connectivity index (χ1v) is 11.2. The maximum atomic E-state index is 12.4. The number of hydrogen-bond acceptors (Lipinski definition) is 2. The van der Waals surface area contributed by atoms with Gasteiger partial charge in [0.05, 0.1) is 6.10 Å². The van der Waals surface area contributed by atoms with Crippen LogP contribution in [0.5, 0.6) is 0 Å². The molecule has 0 rings (SSSR count). The van der Waals surface area contributed by atoms with Gasteiger partial charge in [0.2, 0.25) is 0 Å². The molecule has 0 heterocycles. The van der Waals surface area contributed by atoms with Gasteiger partial charge in [-0.3, -0.25) is 9.42 Å². The third-order valence-electron chi connectivity index (χ3n) is 3.75. The summed E-state index contributed by atoms with van der Waals surface area (Å²) in [6, 6.07) is 0. The van der Waals surface area contributed by atoms with Crippen molar-refractivity contribution in [2.45, 2.75) is 84.2 Å². The topological polar surface area (TPSA) is 46.5 Å². The smallest absolute Gasteiger partial charge is 0.299 e. The van der Waals surface area contributed by atoms with Gasteiger partial charge in [-0.2, -0.15) is 0 Å². The van der Waals surface area contributed by atoms with E-state index in [4.69, 9.17) is 4.89 Å². The lowest BCUT2D eigenvalue weighted by atomic mass is 10.1. The zero-order valence-electron chi connectivity index (χ0n) is 16.4. The summed E-state index contributed by atoms with van der Waals surface area (Å²) in [6.45, 7) is 3.83. The van der Waals surface area contributed by atoms with Crippen molar-refractivity contribution in [3.8, 4) is 0 Å². The van der Waals surface area contributed by atoms with Crippen LogP contribution in [0, 0.1) is 0 Å². The first kappa shape index (κ1) is 25.0. The van der Waals surface area contributed by atoms with E-state index in [1.165, 1.54) is 25.7 Å². The van der Waals surface area contributed by atoms with Crippen LogP contribution in [0.1, 0.15) is 78.1 Å². The number of rotatable bonds is 16. The largest absolute Gasteiger partial charge is 0.510 e. The highest BCUT2D eigenvalue weighted by Gasteiger charge is 2.20. The van der Waals surface area contributed by atoms with E-state index in [9.17, 15) is 8.76 Å². The summed E-state index contributed by atoms with van der Waals surface area (Å²) in [5, 5.41) is 0. The number of allylic oxidation sites excluding steroid dienone is 8. The molecule has 2 unspecified atom stereocenters. The van der Waals surface area contributed by atoms with E-state index in [-0.39, 0.29) is 0 Å². The quantitative estimate of drug-likeness (QED) is 0.169. The summed E-state index contributed by atoms with van der Waals surface area (Å²) >= 11 is 0. The van der Waals surface area contributed by atoms with Crippen molar-refractivity contribution >= 4 is 7.91 Å². The molecule has 3 nitrogen and oxygen atoms in total.